The summed E-state index contributed by atoms with van der Waals surface area (Å²) in [5.41, 5.74) is 1.34. The van der Waals surface area contributed by atoms with Gasteiger partial charge in [0, 0.05) is 13.1 Å². The van der Waals surface area contributed by atoms with E-state index in [1.165, 1.54) is 7.11 Å². The minimum absolute atomic E-state index is 0.0732. The van der Waals surface area contributed by atoms with Crippen molar-refractivity contribution in [3.05, 3.63) is 59.7 Å². The van der Waals surface area contributed by atoms with E-state index < -0.39 is 11.5 Å². The van der Waals surface area contributed by atoms with Gasteiger partial charge in [-0.15, -0.1) is 0 Å². The number of esters is 1. The van der Waals surface area contributed by atoms with E-state index in [9.17, 15) is 9.59 Å². The van der Waals surface area contributed by atoms with Crippen LogP contribution in [0.5, 0.6) is 5.75 Å². The van der Waals surface area contributed by atoms with Crippen molar-refractivity contribution in [1.29, 1.82) is 0 Å². The molecule has 0 aromatic heterocycles. The van der Waals surface area contributed by atoms with Gasteiger partial charge in [-0.1, -0.05) is 30.3 Å². The second kappa shape index (κ2) is 8.85. The number of nitrogens with zero attached hydrogens (tertiary/aromatic N) is 1. The number of ether oxygens (including phenoxy) is 3. The van der Waals surface area contributed by atoms with Gasteiger partial charge in [0.05, 0.1) is 31.6 Å². The van der Waals surface area contributed by atoms with Crippen molar-refractivity contribution in [1.82, 2.24) is 4.90 Å². The Hall–Kier alpha value is -2.90. The number of carbonyl (C=O) groups excluding carboxylic acids is 2. The van der Waals surface area contributed by atoms with Crippen LogP contribution in [0.15, 0.2) is 48.5 Å². The average Bonchev–Trinajstić information content (AvgIpc) is 3.61. The summed E-state index contributed by atoms with van der Waals surface area (Å²) >= 11 is 0. The minimum Gasteiger partial charge on any atom is -0.487 e. The maximum atomic E-state index is 13.2. The number of anilines is 1. The van der Waals surface area contributed by atoms with Crippen LogP contribution in [-0.2, 0) is 20.9 Å². The molecular weight excluding hydrogens is 384 g/mol. The van der Waals surface area contributed by atoms with Crippen LogP contribution in [-0.4, -0.2) is 55.7 Å². The van der Waals surface area contributed by atoms with Gasteiger partial charge in [-0.05, 0) is 36.6 Å². The maximum absolute atomic E-state index is 13.2. The molecule has 0 atom stereocenters. The number of amides is 1. The molecule has 2 aromatic carbocycles. The van der Waals surface area contributed by atoms with E-state index in [1.807, 2.05) is 30.3 Å². The summed E-state index contributed by atoms with van der Waals surface area (Å²) in [6.07, 6.45) is 1.63. The van der Waals surface area contributed by atoms with Gasteiger partial charge in [0.15, 0.2) is 0 Å². The summed E-state index contributed by atoms with van der Waals surface area (Å²) in [7, 11) is 1.33. The lowest BCUT2D eigenvalue weighted by atomic mass is 10.1. The predicted molar refractivity (Wildman–Crippen MR) is 112 cm³/mol. The Balaban J connectivity index is 1.54. The van der Waals surface area contributed by atoms with Crippen LogP contribution in [0.2, 0.25) is 0 Å². The third-order valence-electron chi connectivity index (χ3n) is 5.65. The summed E-state index contributed by atoms with van der Waals surface area (Å²) < 4.78 is 16.2. The number of carbonyl (C=O) groups is 2. The molecule has 1 saturated heterocycles. The zero-order valence-electron chi connectivity index (χ0n) is 17.1. The Bertz CT molecular complexity index is 905. The first-order valence-corrected chi connectivity index (χ1v) is 10.2. The lowest BCUT2D eigenvalue weighted by Crippen LogP contribution is -2.51. The molecule has 0 spiro atoms. The molecule has 30 heavy (non-hydrogen) atoms. The average molecular weight is 410 g/mol. The Kier molecular flexibility index (Phi) is 6.01. The largest absolute Gasteiger partial charge is 0.487 e. The van der Waals surface area contributed by atoms with Crippen molar-refractivity contribution < 1.29 is 23.8 Å². The molecule has 2 fully saturated rings. The molecule has 2 aromatic rings. The number of rotatable bonds is 7. The van der Waals surface area contributed by atoms with Gasteiger partial charge in [-0.3, -0.25) is 9.69 Å². The number of hydrogen-bond acceptors (Lipinski definition) is 6. The maximum Gasteiger partial charge on any atom is 0.337 e. The van der Waals surface area contributed by atoms with Crippen LogP contribution >= 0.6 is 0 Å². The smallest absolute Gasteiger partial charge is 0.337 e. The molecule has 7 heteroatoms. The molecule has 2 aliphatic rings. The number of hydrogen-bond donors (Lipinski definition) is 1. The molecule has 1 saturated carbocycles. The highest BCUT2D eigenvalue weighted by Crippen LogP contribution is 2.43. The van der Waals surface area contributed by atoms with Crippen molar-refractivity contribution >= 4 is 17.6 Å². The van der Waals surface area contributed by atoms with Gasteiger partial charge in [0.25, 0.3) is 0 Å². The van der Waals surface area contributed by atoms with Crippen molar-refractivity contribution in [2.24, 2.45) is 0 Å². The van der Waals surface area contributed by atoms with Crippen LogP contribution < -0.4 is 10.1 Å². The van der Waals surface area contributed by atoms with Gasteiger partial charge >= 0.3 is 5.97 Å². The van der Waals surface area contributed by atoms with E-state index in [1.54, 1.807) is 18.2 Å². The van der Waals surface area contributed by atoms with Crippen LogP contribution in [0, 0.1) is 0 Å². The Morgan fingerprint density at radius 1 is 1.10 bits per heavy atom. The Morgan fingerprint density at radius 3 is 2.50 bits per heavy atom. The van der Waals surface area contributed by atoms with Crippen LogP contribution in [0.4, 0.5) is 5.69 Å². The van der Waals surface area contributed by atoms with Crippen molar-refractivity contribution in [2.75, 3.05) is 38.7 Å². The van der Waals surface area contributed by atoms with E-state index in [2.05, 4.69) is 10.2 Å². The minimum atomic E-state index is -0.498. The van der Waals surface area contributed by atoms with Crippen molar-refractivity contribution in [3.8, 4) is 5.75 Å². The van der Waals surface area contributed by atoms with Crippen LogP contribution in [0.25, 0.3) is 0 Å². The lowest BCUT2D eigenvalue weighted by molar-refractivity contribution is -0.124. The monoisotopic (exact) mass is 410 g/mol. The molecule has 1 aliphatic heterocycles. The molecule has 1 heterocycles. The number of methoxy groups -OCH3 is 1. The number of morpholine rings is 1. The molecule has 7 nitrogen and oxygen atoms in total. The van der Waals surface area contributed by atoms with E-state index in [0.29, 0.717) is 36.8 Å². The van der Waals surface area contributed by atoms with Gasteiger partial charge in [0.2, 0.25) is 5.91 Å². The van der Waals surface area contributed by atoms with E-state index in [-0.39, 0.29) is 5.91 Å². The van der Waals surface area contributed by atoms with Crippen LogP contribution in [0.1, 0.15) is 28.8 Å². The molecule has 158 valence electrons. The summed E-state index contributed by atoms with van der Waals surface area (Å²) in [6.45, 7) is 3.12. The van der Waals surface area contributed by atoms with Gasteiger partial charge in [-0.25, -0.2) is 4.79 Å². The first-order chi connectivity index (χ1) is 14.6. The van der Waals surface area contributed by atoms with Gasteiger partial charge in [0.1, 0.15) is 17.9 Å². The standard InChI is InChI=1S/C23H26N2O5/c1-28-21(26)18-7-8-20(30-16-17-5-3-2-4-6-17)19(15-18)24-22(27)23(9-10-23)25-11-13-29-14-12-25/h2-8,15H,9-14,16H2,1H3,(H,24,27). The normalized spacial score (nSPS) is 17.8. The highest BCUT2D eigenvalue weighted by molar-refractivity contribution is 6.02. The summed E-state index contributed by atoms with van der Waals surface area (Å²) in [5, 5.41) is 3.01. The molecule has 1 amide bonds. The molecule has 0 bridgehead atoms. The first kappa shape index (κ1) is 20.4. The lowest BCUT2D eigenvalue weighted by Gasteiger charge is -2.34. The third-order valence-corrected chi connectivity index (χ3v) is 5.65. The zero-order chi connectivity index (χ0) is 21.0. The quantitative estimate of drug-likeness (QED) is 0.708. The fourth-order valence-electron chi connectivity index (χ4n) is 3.77. The Labute approximate surface area is 175 Å². The number of benzene rings is 2. The van der Waals surface area contributed by atoms with E-state index >= 15 is 0 Å². The molecule has 1 aliphatic carbocycles. The topological polar surface area (TPSA) is 77.1 Å². The fourth-order valence-corrected chi connectivity index (χ4v) is 3.77. The highest BCUT2D eigenvalue weighted by atomic mass is 16.5. The van der Waals surface area contributed by atoms with Gasteiger partial charge < -0.3 is 19.5 Å². The predicted octanol–water partition coefficient (Wildman–Crippen LogP) is 2.86. The third kappa shape index (κ3) is 4.32. The molecule has 4 rings (SSSR count). The highest BCUT2D eigenvalue weighted by Gasteiger charge is 2.54. The number of nitrogens with one attached hydrogen (secondary N) is 1. The van der Waals surface area contributed by atoms with Crippen molar-refractivity contribution in [3.63, 3.8) is 0 Å². The summed E-state index contributed by atoms with van der Waals surface area (Å²) in [5.74, 6) is -0.0250. The van der Waals surface area contributed by atoms with E-state index in [4.69, 9.17) is 14.2 Å². The molecule has 1 N–H and O–H groups in total. The van der Waals surface area contributed by atoms with Crippen molar-refractivity contribution in [2.45, 2.75) is 25.0 Å². The summed E-state index contributed by atoms with van der Waals surface area (Å²) in [4.78, 5) is 27.4. The second-order valence-electron chi connectivity index (χ2n) is 7.56. The first-order valence-electron chi connectivity index (χ1n) is 10.2. The SMILES string of the molecule is COC(=O)c1ccc(OCc2ccccc2)c(NC(=O)C2(N3CCOCC3)CC2)c1. The molecule has 0 radical (unpaired) electrons. The fraction of sp³-hybridized carbons (Fsp3) is 0.391. The van der Waals surface area contributed by atoms with Gasteiger partial charge in [-0.2, -0.15) is 0 Å². The second-order valence-corrected chi connectivity index (χ2v) is 7.56. The molecular formula is C23H26N2O5. The van der Waals surface area contributed by atoms with E-state index in [0.717, 1.165) is 31.5 Å². The summed E-state index contributed by atoms with van der Waals surface area (Å²) in [6, 6.07) is 14.7. The Morgan fingerprint density at radius 2 is 1.83 bits per heavy atom. The zero-order valence-corrected chi connectivity index (χ0v) is 17.1. The van der Waals surface area contributed by atoms with Crippen LogP contribution in [0.3, 0.4) is 0 Å². The molecule has 0 unspecified atom stereocenters.